The van der Waals surface area contributed by atoms with Crippen molar-refractivity contribution >= 4 is 0 Å². The van der Waals surface area contributed by atoms with Gasteiger partial charge in [0.05, 0.1) is 12.1 Å². The summed E-state index contributed by atoms with van der Waals surface area (Å²) in [7, 11) is 0. The first-order valence-electron chi connectivity index (χ1n) is 4.32. The summed E-state index contributed by atoms with van der Waals surface area (Å²) in [4.78, 5) is 3.98. The summed E-state index contributed by atoms with van der Waals surface area (Å²) in [6.45, 7) is 4.56. The number of hydrogen-bond acceptors (Lipinski definition) is 4. The van der Waals surface area contributed by atoms with Gasteiger partial charge in [0, 0.05) is 6.54 Å². The van der Waals surface area contributed by atoms with Gasteiger partial charge in [0.25, 0.3) is 0 Å². The zero-order valence-electron chi connectivity index (χ0n) is 8.06. The van der Waals surface area contributed by atoms with Crippen LogP contribution in [-0.2, 0) is 13.1 Å². The fourth-order valence-electron chi connectivity index (χ4n) is 0.923. The predicted octanol–water partition coefficient (Wildman–Crippen LogP) is -0.102. The van der Waals surface area contributed by atoms with E-state index in [1.165, 1.54) is 0 Å². The normalized spacial score (nSPS) is 12.0. The van der Waals surface area contributed by atoms with Gasteiger partial charge in [0.15, 0.2) is 5.82 Å². The molecule has 1 aromatic rings. The lowest BCUT2D eigenvalue weighted by Crippen LogP contribution is -2.21. The quantitative estimate of drug-likeness (QED) is 0.685. The highest BCUT2D eigenvalue weighted by Gasteiger charge is 2.12. The molecule has 74 valence electrons. The summed E-state index contributed by atoms with van der Waals surface area (Å²) < 4.78 is 1.69. The molecule has 0 aliphatic rings. The third kappa shape index (κ3) is 3.52. The SMILES string of the molecule is CC(C)(O)CCn1cnc(CN)n1. The van der Waals surface area contributed by atoms with Gasteiger partial charge < -0.3 is 10.8 Å². The van der Waals surface area contributed by atoms with Crippen molar-refractivity contribution in [3.63, 3.8) is 0 Å². The Morgan fingerprint density at radius 3 is 2.77 bits per heavy atom. The van der Waals surface area contributed by atoms with Gasteiger partial charge in [0.2, 0.25) is 0 Å². The largest absolute Gasteiger partial charge is 0.390 e. The second-order valence-corrected chi connectivity index (χ2v) is 3.69. The summed E-state index contributed by atoms with van der Waals surface area (Å²) >= 11 is 0. The number of aliphatic hydroxyl groups is 1. The maximum absolute atomic E-state index is 9.46. The summed E-state index contributed by atoms with van der Waals surface area (Å²) in [5.74, 6) is 0.635. The molecule has 5 heteroatoms. The van der Waals surface area contributed by atoms with E-state index in [1.807, 2.05) is 0 Å². The van der Waals surface area contributed by atoms with Crippen molar-refractivity contribution in [2.75, 3.05) is 0 Å². The third-order valence-corrected chi connectivity index (χ3v) is 1.72. The van der Waals surface area contributed by atoms with E-state index < -0.39 is 5.60 Å². The molecule has 1 rings (SSSR count). The van der Waals surface area contributed by atoms with Crippen molar-refractivity contribution in [2.24, 2.45) is 5.73 Å². The van der Waals surface area contributed by atoms with Gasteiger partial charge in [-0.25, -0.2) is 4.98 Å². The lowest BCUT2D eigenvalue weighted by molar-refractivity contribution is 0.0650. The highest BCUT2D eigenvalue weighted by molar-refractivity contribution is 4.79. The second-order valence-electron chi connectivity index (χ2n) is 3.69. The van der Waals surface area contributed by atoms with Gasteiger partial charge >= 0.3 is 0 Å². The molecule has 1 heterocycles. The molecule has 5 nitrogen and oxygen atoms in total. The Bertz CT molecular complexity index is 263. The van der Waals surface area contributed by atoms with E-state index in [0.717, 1.165) is 0 Å². The van der Waals surface area contributed by atoms with Crippen LogP contribution in [0.25, 0.3) is 0 Å². The Labute approximate surface area is 77.6 Å². The monoisotopic (exact) mass is 184 g/mol. The topological polar surface area (TPSA) is 77.0 Å². The predicted molar refractivity (Wildman–Crippen MR) is 48.8 cm³/mol. The minimum absolute atomic E-state index is 0.357. The Hall–Kier alpha value is -0.940. The zero-order valence-corrected chi connectivity index (χ0v) is 8.06. The Morgan fingerprint density at radius 1 is 1.62 bits per heavy atom. The minimum atomic E-state index is -0.658. The van der Waals surface area contributed by atoms with E-state index in [2.05, 4.69) is 10.1 Å². The van der Waals surface area contributed by atoms with Crippen LogP contribution in [-0.4, -0.2) is 25.5 Å². The van der Waals surface area contributed by atoms with Gasteiger partial charge in [-0.1, -0.05) is 0 Å². The van der Waals surface area contributed by atoms with Crippen molar-refractivity contribution < 1.29 is 5.11 Å². The summed E-state index contributed by atoms with van der Waals surface area (Å²) in [5, 5.41) is 13.6. The molecule has 0 atom stereocenters. The molecule has 0 radical (unpaired) electrons. The van der Waals surface area contributed by atoms with Gasteiger partial charge in [-0.05, 0) is 20.3 Å². The van der Waals surface area contributed by atoms with Crippen LogP contribution in [0.1, 0.15) is 26.1 Å². The average molecular weight is 184 g/mol. The summed E-state index contributed by atoms with van der Waals surface area (Å²) in [5.41, 5.74) is 4.70. The molecule has 0 aliphatic heterocycles. The van der Waals surface area contributed by atoms with Crippen molar-refractivity contribution in [1.29, 1.82) is 0 Å². The molecule has 0 aliphatic carbocycles. The highest BCUT2D eigenvalue weighted by atomic mass is 16.3. The fraction of sp³-hybridized carbons (Fsp3) is 0.750. The van der Waals surface area contributed by atoms with E-state index in [9.17, 15) is 5.11 Å². The Morgan fingerprint density at radius 2 is 2.31 bits per heavy atom. The first kappa shape index (κ1) is 10.1. The summed E-state index contributed by atoms with van der Waals surface area (Å²) in [6, 6.07) is 0. The number of nitrogens with two attached hydrogens (primary N) is 1. The van der Waals surface area contributed by atoms with Gasteiger partial charge in [-0.3, -0.25) is 4.68 Å². The van der Waals surface area contributed by atoms with Crippen LogP contribution in [0.4, 0.5) is 0 Å². The van der Waals surface area contributed by atoms with Gasteiger partial charge in [0.1, 0.15) is 6.33 Å². The van der Waals surface area contributed by atoms with Crippen molar-refractivity contribution in [1.82, 2.24) is 14.8 Å². The van der Waals surface area contributed by atoms with E-state index in [4.69, 9.17) is 5.73 Å². The number of hydrogen-bond donors (Lipinski definition) is 2. The average Bonchev–Trinajstić information content (AvgIpc) is 2.47. The van der Waals surface area contributed by atoms with Gasteiger partial charge in [-0.2, -0.15) is 5.10 Å². The van der Waals surface area contributed by atoms with Crippen molar-refractivity contribution in [2.45, 2.75) is 39.0 Å². The molecule has 0 saturated heterocycles. The van der Waals surface area contributed by atoms with Crippen LogP contribution < -0.4 is 5.73 Å². The second kappa shape index (κ2) is 3.85. The lowest BCUT2D eigenvalue weighted by atomic mass is 10.1. The van der Waals surface area contributed by atoms with Crippen molar-refractivity contribution in [3.05, 3.63) is 12.2 Å². The molecular weight excluding hydrogens is 168 g/mol. The molecule has 0 aromatic carbocycles. The molecular formula is C8H16N4O. The smallest absolute Gasteiger partial charge is 0.164 e. The number of rotatable bonds is 4. The van der Waals surface area contributed by atoms with E-state index in [1.54, 1.807) is 24.9 Å². The van der Waals surface area contributed by atoms with E-state index in [-0.39, 0.29) is 0 Å². The Kier molecular flexibility index (Phi) is 3.00. The van der Waals surface area contributed by atoms with E-state index in [0.29, 0.717) is 25.3 Å². The van der Waals surface area contributed by atoms with Crippen LogP contribution in [0.15, 0.2) is 6.33 Å². The van der Waals surface area contributed by atoms with Gasteiger partial charge in [-0.15, -0.1) is 0 Å². The summed E-state index contributed by atoms with van der Waals surface area (Å²) in [6.07, 6.45) is 2.29. The number of nitrogens with zero attached hydrogens (tertiary/aromatic N) is 3. The standard InChI is InChI=1S/C8H16N4O/c1-8(2,13)3-4-12-6-10-7(5-9)11-12/h6,13H,3-5,9H2,1-2H3. The molecule has 13 heavy (non-hydrogen) atoms. The van der Waals surface area contributed by atoms with Crippen LogP contribution in [0.5, 0.6) is 0 Å². The number of aryl methyl sites for hydroxylation is 1. The molecule has 0 amide bonds. The molecule has 0 saturated carbocycles. The zero-order chi connectivity index (χ0) is 9.90. The highest BCUT2D eigenvalue weighted by Crippen LogP contribution is 2.07. The number of aromatic nitrogens is 3. The lowest BCUT2D eigenvalue weighted by Gasteiger charge is -2.15. The molecule has 0 bridgehead atoms. The van der Waals surface area contributed by atoms with Crippen LogP contribution in [0.3, 0.4) is 0 Å². The van der Waals surface area contributed by atoms with Crippen molar-refractivity contribution in [3.8, 4) is 0 Å². The molecule has 3 N–H and O–H groups in total. The maximum atomic E-state index is 9.46. The fourth-order valence-corrected chi connectivity index (χ4v) is 0.923. The minimum Gasteiger partial charge on any atom is -0.390 e. The van der Waals surface area contributed by atoms with Crippen LogP contribution in [0, 0.1) is 0 Å². The first-order chi connectivity index (χ1) is 6.01. The molecule has 0 unspecified atom stereocenters. The molecule has 0 spiro atoms. The Balaban J connectivity index is 2.46. The third-order valence-electron chi connectivity index (χ3n) is 1.72. The maximum Gasteiger partial charge on any atom is 0.164 e. The molecule has 1 aromatic heterocycles. The van der Waals surface area contributed by atoms with E-state index >= 15 is 0 Å². The van der Waals surface area contributed by atoms with Crippen LogP contribution >= 0.6 is 0 Å². The molecule has 0 fully saturated rings. The van der Waals surface area contributed by atoms with Crippen LogP contribution in [0.2, 0.25) is 0 Å². The first-order valence-corrected chi connectivity index (χ1v) is 4.32.